The second kappa shape index (κ2) is 6.49. The van der Waals surface area contributed by atoms with Gasteiger partial charge in [-0.3, -0.25) is 4.31 Å². The molecule has 4 rings (SSSR count). The van der Waals surface area contributed by atoms with E-state index in [2.05, 4.69) is 14.7 Å². The summed E-state index contributed by atoms with van der Waals surface area (Å²) in [5.74, 6) is 0. The second-order valence-electron chi connectivity index (χ2n) is 5.62. The van der Waals surface area contributed by atoms with E-state index in [-0.39, 0.29) is 0 Å². The lowest BCUT2D eigenvalue weighted by molar-refractivity contribution is 0.597. The SMILES string of the molecule is CCN(c1ccccc1)S(=O)(=O)Nc1nc2ccc3nc(C)sc3c2s1. The van der Waals surface area contributed by atoms with Crippen molar-refractivity contribution in [3.05, 3.63) is 47.5 Å². The molecule has 0 amide bonds. The first-order valence-electron chi connectivity index (χ1n) is 8.00. The predicted molar refractivity (Wildman–Crippen MR) is 110 cm³/mol. The van der Waals surface area contributed by atoms with Crippen LogP contribution in [0.5, 0.6) is 0 Å². The van der Waals surface area contributed by atoms with Crippen LogP contribution in [-0.2, 0) is 10.2 Å². The fraction of sp³-hybridized carbons (Fsp3) is 0.176. The minimum atomic E-state index is -3.76. The van der Waals surface area contributed by atoms with Crippen LogP contribution in [0.15, 0.2) is 42.5 Å². The van der Waals surface area contributed by atoms with Crippen molar-refractivity contribution in [3.8, 4) is 0 Å². The molecular weight excluding hydrogens is 388 g/mol. The number of aromatic nitrogens is 2. The molecule has 0 aliphatic rings. The summed E-state index contributed by atoms with van der Waals surface area (Å²) in [4.78, 5) is 8.93. The summed E-state index contributed by atoms with van der Waals surface area (Å²) in [6.07, 6.45) is 0. The highest BCUT2D eigenvalue weighted by atomic mass is 32.2. The third kappa shape index (κ3) is 3.02. The van der Waals surface area contributed by atoms with E-state index in [1.165, 1.54) is 15.6 Å². The lowest BCUT2D eigenvalue weighted by Crippen LogP contribution is -2.35. The number of benzene rings is 2. The Balaban J connectivity index is 1.72. The topological polar surface area (TPSA) is 75.2 Å². The highest BCUT2D eigenvalue weighted by molar-refractivity contribution is 7.94. The summed E-state index contributed by atoms with van der Waals surface area (Å²) < 4.78 is 31.6. The van der Waals surface area contributed by atoms with Gasteiger partial charge in [0.1, 0.15) is 0 Å². The highest BCUT2D eigenvalue weighted by Crippen LogP contribution is 2.36. The smallest absolute Gasteiger partial charge is 0.254 e. The number of fused-ring (bicyclic) bond motifs is 3. The summed E-state index contributed by atoms with van der Waals surface area (Å²) in [7, 11) is -3.76. The molecule has 134 valence electrons. The van der Waals surface area contributed by atoms with E-state index in [1.807, 2.05) is 37.3 Å². The first-order chi connectivity index (χ1) is 12.5. The van der Waals surface area contributed by atoms with E-state index in [1.54, 1.807) is 30.4 Å². The average Bonchev–Trinajstić information content (AvgIpc) is 3.17. The number of hydrogen-bond acceptors (Lipinski definition) is 6. The minimum absolute atomic E-state index is 0.322. The van der Waals surface area contributed by atoms with Crippen molar-refractivity contribution < 1.29 is 8.42 Å². The Bertz CT molecular complexity index is 1180. The zero-order valence-electron chi connectivity index (χ0n) is 14.1. The summed E-state index contributed by atoms with van der Waals surface area (Å²) >= 11 is 2.92. The van der Waals surface area contributed by atoms with Gasteiger partial charge in [0, 0.05) is 6.54 Å². The third-order valence-corrected chi connectivity index (χ3v) is 7.62. The van der Waals surface area contributed by atoms with Gasteiger partial charge in [0.15, 0.2) is 5.13 Å². The fourth-order valence-corrected chi connectivity index (χ4v) is 6.23. The number of hydrogen-bond donors (Lipinski definition) is 1. The number of thiazole rings is 2. The molecule has 2 heterocycles. The molecule has 26 heavy (non-hydrogen) atoms. The monoisotopic (exact) mass is 404 g/mol. The lowest BCUT2D eigenvalue weighted by atomic mass is 10.3. The molecule has 6 nitrogen and oxygen atoms in total. The van der Waals surface area contributed by atoms with Gasteiger partial charge in [0.2, 0.25) is 0 Å². The van der Waals surface area contributed by atoms with Crippen molar-refractivity contribution in [2.75, 3.05) is 15.6 Å². The molecule has 2 aromatic heterocycles. The van der Waals surface area contributed by atoms with E-state index in [0.717, 1.165) is 25.4 Å². The largest absolute Gasteiger partial charge is 0.325 e. The number of para-hydroxylation sites is 1. The Morgan fingerprint density at radius 1 is 1.00 bits per heavy atom. The summed E-state index contributed by atoms with van der Waals surface area (Å²) in [6, 6.07) is 12.8. The average molecular weight is 405 g/mol. The number of rotatable bonds is 5. The number of nitrogens with zero attached hydrogens (tertiary/aromatic N) is 3. The van der Waals surface area contributed by atoms with Gasteiger partial charge in [-0.2, -0.15) is 8.42 Å². The Hall–Kier alpha value is -2.23. The van der Waals surface area contributed by atoms with Gasteiger partial charge in [0.25, 0.3) is 0 Å². The number of nitrogens with one attached hydrogen (secondary N) is 1. The van der Waals surface area contributed by atoms with Crippen LogP contribution in [0, 0.1) is 6.92 Å². The van der Waals surface area contributed by atoms with Crippen LogP contribution in [0.2, 0.25) is 0 Å². The van der Waals surface area contributed by atoms with Crippen LogP contribution in [-0.4, -0.2) is 24.9 Å². The maximum atomic E-state index is 12.8. The Labute approximate surface area is 159 Å². The van der Waals surface area contributed by atoms with Crippen LogP contribution in [0.25, 0.3) is 20.4 Å². The van der Waals surface area contributed by atoms with Gasteiger partial charge in [-0.25, -0.2) is 14.7 Å². The predicted octanol–water partition coefficient (Wildman–Crippen LogP) is 4.40. The Kier molecular flexibility index (Phi) is 4.29. The van der Waals surface area contributed by atoms with Gasteiger partial charge in [-0.15, -0.1) is 11.3 Å². The minimum Gasteiger partial charge on any atom is -0.254 e. The molecule has 0 atom stereocenters. The van der Waals surface area contributed by atoms with Gasteiger partial charge in [-0.05, 0) is 38.1 Å². The zero-order chi connectivity index (χ0) is 18.3. The van der Waals surface area contributed by atoms with Crippen LogP contribution < -0.4 is 9.03 Å². The first kappa shape index (κ1) is 17.2. The molecule has 0 aliphatic heterocycles. The molecule has 0 unspecified atom stereocenters. The van der Waals surface area contributed by atoms with Crippen LogP contribution in [0.1, 0.15) is 11.9 Å². The van der Waals surface area contributed by atoms with Gasteiger partial charge in [-0.1, -0.05) is 29.5 Å². The van der Waals surface area contributed by atoms with Crippen molar-refractivity contribution in [2.24, 2.45) is 0 Å². The molecule has 9 heteroatoms. The Morgan fingerprint density at radius 2 is 1.65 bits per heavy atom. The quantitative estimate of drug-likeness (QED) is 0.535. The first-order valence-corrected chi connectivity index (χ1v) is 11.1. The molecule has 0 fully saturated rings. The molecule has 0 saturated heterocycles. The van der Waals surface area contributed by atoms with Crippen molar-refractivity contribution >= 4 is 64.1 Å². The van der Waals surface area contributed by atoms with E-state index in [9.17, 15) is 8.42 Å². The van der Waals surface area contributed by atoms with E-state index in [4.69, 9.17) is 0 Å². The van der Waals surface area contributed by atoms with Gasteiger partial charge >= 0.3 is 10.2 Å². The summed E-state index contributed by atoms with van der Waals surface area (Å²) in [5, 5.41) is 1.33. The number of anilines is 2. The van der Waals surface area contributed by atoms with Crippen molar-refractivity contribution in [2.45, 2.75) is 13.8 Å². The van der Waals surface area contributed by atoms with Crippen molar-refractivity contribution in [1.82, 2.24) is 9.97 Å². The van der Waals surface area contributed by atoms with Crippen LogP contribution in [0.4, 0.5) is 10.8 Å². The third-order valence-electron chi connectivity index (χ3n) is 3.86. The molecule has 1 N–H and O–H groups in total. The van der Waals surface area contributed by atoms with Crippen molar-refractivity contribution in [1.29, 1.82) is 0 Å². The molecule has 4 aromatic rings. The van der Waals surface area contributed by atoms with Crippen molar-refractivity contribution in [3.63, 3.8) is 0 Å². The van der Waals surface area contributed by atoms with E-state index in [0.29, 0.717) is 17.4 Å². The fourth-order valence-electron chi connectivity index (χ4n) is 2.78. The Morgan fingerprint density at radius 3 is 2.35 bits per heavy atom. The van der Waals surface area contributed by atoms with E-state index < -0.39 is 10.2 Å². The maximum Gasteiger partial charge on any atom is 0.325 e. The normalized spacial score (nSPS) is 11.9. The van der Waals surface area contributed by atoms with E-state index >= 15 is 0 Å². The standard InChI is InChI=1S/C17H16N4O2S3/c1-3-21(12-7-5-4-6-8-12)26(22,23)20-17-19-14-10-9-13-15(16(14)25-17)24-11(2)18-13/h4-10H,3H2,1-2H3,(H,19,20). The maximum absolute atomic E-state index is 12.8. The molecule has 0 bridgehead atoms. The molecule has 0 aliphatic carbocycles. The molecule has 0 spiro atoms. The zero-order valence-corrected chi connectivity index (χ0v) is 16.6. The number of aryl methyl sites for hydroxylation is 1. The second-order valence-corrected chi connectivity index (χ2v) is 9.42. The summed E-state index contributed by atoms with van der Waals surface area (Å²) in [6.45, 7) is 4.08. The molecule has 0 radical (unpaired) electrons. The lowest BCUT2D eigenvalue weighted by Gasteiger charge is -2.22. The molecule has 0 saturated carbocycles. The molecule has 2 aromatic carbocycles. The van der Waals surface area contributed by atoms with Gasteiger partial charge in [0.05, 0.1) is 31.1 Å². The van der Waals surface area contributed by atoms with Gasteiger partial charge < -0.3 is 0 Å². The van der Waals surface area contributed by atoms with Crippen LogP contribution >= 0.6 is 22.7 Å². The van der Waals surface area contributed by atoms with Crippen LogP contribution in [0.3, 0.4) is 0 Å². The summed E-state index contributed by atoms with van der Waals surface area (Å²) in [5.41, 5.74) is 2.30. The molecular formula is C17H16N4O2S3. The highest BCUT2D eigenvalue weighted by Gasteiger charge is 2.22.